The Labute approximate surface area is 116 Å². The molecule has 100 valence electrons. The number of anilines is 2. The molecule has 0 saturated heterocycles. The zero-order valence-corrected chi connectivity index (χ0v) is 11.8. The number of nitrogens with one attached hydrogen (secondary N) is 1. The molecule has 0 heterocycles. The standard InChI is InChI=1S/C12H17ClN2O2S/c1-17-5-7-18-6-4-12(16)15-11-8-9(13)2-3-10(11)14/h2-3,8H,4-7,14H2,1H3,(H,15,16). The molecule has 0 aromatic heterocycles. The van der Waals surface area contributed by atoms with E-state index in [9.17, 15) is 4.79 Å². The van der Waals surface area contributed by atoms with Crippen molar-refractivity contribution in [2.45, 2.75) is 6.42 Å². The van der Waals surface area contributed by atoms with Crippen molar-refractivity contribution in [1.82, 2.24) is 0 Å². The third kappa shape index (κ3) is 5.62. The molecule has 0 spiro atoms. The second-order valence-electron chi connectivity index (χ2n) is 3.63. The quantitative estimate of drug-likeness (QED) is 0.598. The van der Waals surface area contributed by atoms with Gasteiger partial charge in [-0.15, -0.1) is 0 Å². The Morgan fingerprint density at radius 1 is 1.50 bits per heavy atom. The van der Waals surface area contributed by atoms with Crippen LogP contribution in [0.4, 0.5) is 11.4 Å². The van der Waals surface area contributed by atoms with Crippen molar-refractivity contribution in [2.24, 2.45) is 0 Å². The van der Waals surface area contributed by atoms with Gasteiger partial charge in [-0.25, -0.2) is 0 Å². The Bertz CT molecular complexity index is 402. The lowest BCUT2D eigenvalue weighted by Gasteiger charge is -2.08. The van der Waals surface area contributed by atoms with Crippen LogP contribution in [0.2, 0.25) is 5.02 Å². The molecular formula is C12H17ClN2O2S. The number of amides is 1. The van der Waals surface area contributed by atoms with Gasteiger partial charge < -0.3 is 15.8 Å². The van der Waals surface area contributed by atoms with Crippen LogP contribution in [-0.2, 0) is 9.53 Å². The first-order valence-corrected chi connectivity index (χ1v) is 7.08. The van der Waals surface area contributed by atoms with E-state index in [0.717, 1.165) is 11.5 Å². The van der Waals surface area contributed by atoms with Gasteiger partial charge in [0.15, 0.2) is 0 Å². The van der Waals surface area contributed by atoms with Crippen molar-refractivity contribution in [1.29, 1.82) is 0 Å². The maximum absolute atomic E-state index is 11.7. The summed E-state index contributed by atoms with van der Waals surface area (Å²) in [5.41, 5.74) is 6.81. The van der Waals surface area contributed by atoms with Gasteiger partial charge in [0, 0.05) is 30.1 Å². The fourth-order valence-electron chi connectivity index (χ4n) is 1.26. The number of benzene rings is 1. The van der Waals surface area contributed by atoms with E-state index >= 15 is 0 Å². The molecule has 1 aromatic rings. The fraction of sp³-hybridized carbons (Fsp3) is 0.417. The topological polar surface area (TPSA) is 64.3 Å². The van der Waals surface area contributed by atoms with Crippen molar-refractivity contribution in [3.63, 3.8) is 0 Å². The highest BCUT2D eigenvalue weighted by Crippen LogP contribution is 2.23. The molecule has 0 saturated carbocycles. The van der Waals surface area contributed by atoms with Gasteiger partial charge in [-0.3, -0.25) is 4.79 Å². The lowest BCUT2D eigenvalue weighted by molar-refractivity contribution is -0.115. The zero-order valence-electron chi connectivity index (χ0n) is 10.2. The number of methoxy groups -OCH3 is 1. The highest BCUT2D eigenvalue weighted by molar-refractivity contribution is 7.99. The molecule has 1 aromatic carbocycles. The summed E-state index contributed by atoms with van der Waals surface area (Å²) in [6.45, 7) is 0.702. The number of ether oxygens (including phenoxy) is 1. The van der Waals surface area contributed by atoms with E-state index in [1.165, 1.54) is 0 Å². The summed E-state index contributed by atoms with van der Waals surface area (Å²) in [5, 5.41) is 3.30. The predicted octanol–water partition coefficient (Wildman–Crippen LogP) is 2.63. The minimum absolute atomic E-state index is 0.0612. The van der Waals surface area contributed by atoms with Gasteiger partial charge in [-0.2, -0.15) is 11.8 Å². The number of rotatable bonds is 7. The lowest BCUT2D eigenvalue weighted by atomic mass is 10.2. The molecule has 0 unspecified atom stereocenters. The molecule has 1 amide bonds. The first-order chi connectivity index (χ1) is 8.63. The number of carbonyl (C=O) groups is 1. The number of hydrogen-bond donors (Lipinski definition) is 2. The molecule has 0 aliphatic rings. The zero-order chi connectivity index (χ0) is 13.4. The molecule has 0 fully saturated rings. The van der Waals surface area contributed by atoms with Crippen LogP contribution in [0.25, 0.3) is 0 Å². The molecule has 0 aliphatic heterocycles. The van der Waals surface area contributed by atoms with E-state index in [-0.39, 0.29) is 5.91 Å². The van der Waals surface area contributed by atoms with Crippen molar-refractivity contribution >= 4 is 40.6 Å². The molecule has 18 heavy (non-hydrogen) atoms. The van der Waals surface area contributed by atoms with E-state index < -0.39 is 0 Å². The molecule has 0 atom stereocenters. The molecule has 4 nitrogen and oxygen atoms in total. The minimum atomic E-state index is -0.0612. The van der Waals surface area contributed by atoms with Gasteiger partial charge in [-0.05, 0) is 18.2 Å². The minimum Gasteiger partial charge on any atom is -0.397 e. The smallest absolute Gasteiger partial charge is 0.225 e. The van der Waals surface area contributed by atoms with Crippen LogP contribution in [0.3, 0.4) is 0 Å². The van der Waals surface area contributed by atoms with Crippen molar-refractivity contribution in [2.75, 3.05) is 36.3 Å². The summed E-state index contributed by atoms with van der Waals surface area (Å²) in [5.74, 6) is 1.59. The molecule has 6 heteroatoms. The number of halogens is 1. The van der Waals surface area contributed by atoms with Crippen LogP contribution in [-0.4, -0.2) is 31.1 Å². The Hall–Kier alpha value is -0.910. The second-order valence-corrected chi connectivity index (χ2v) is 5.30. The molecule has 0 aliphatic carbocycles. The monoisotopic (exact) mass is 288 g/mol. The van der Waals surface area contributed by atoms with Crippen LogP contribution < -0.4 is 11.1 Å². The van der Waals surface area contributed by atoms with Crippen molar-refractivity contribution in [3.8, 4) is 0 Å². The first kappa shape index (κ1) is 15.1. The van der Waals surface area contributed by atoms with E-state index in [0.29, 0.717) is 29.4 Å². The Morgan fingerprint density at radius 3 is 3.00 bits per heavy atom. The highest BCUT2D eigenvalue weighted by Gasteiger charge is 2.05. The third-order valence-electron chi connectivity index (χ3n) is 2.19. The van der Waals surface area contributed by atoms with Gasteiger partial charge in [-0.1, -0.05) is 11.6 Å². The number of hydrogen-bond acceptors (Lipinski definition) is 4. The predicted molar refractivity (Wildman–Crippen MR) is 78.3 cm³/mol. The Morgan fingerprint density at radius 2 is 2.28 bits per heavy atom. The summed E-state index contributed by atoms with van der Waals surface area (Å²) in [6.07, 6.45) is 0.445. The van der Waals surface area contributed by atoms with Gasteiger partial charge in [0.05, 0.1) is 18.0 Å². The largest absolute Gasteiger partial charge is 0.397 e. The van der Waals surface area contributed by atoms with E-state index in [4.69, 9.17) is 22.1 Å². The summed E-state index contributed by atoms with van der Waals surface area (Å²) in [6, 6.07) is 5.01. The summed E-state index contributed by atoms with van der Waals surface area (Å²) >= 11 is 7.52. The SMILES string of the molecule is COCCSCCC(=O)Nc1cc(Cl)ccc1N. The fourth-order valence-corrected chi connectivity index (χ4v) is 2.25. The maximum atomic E-state index is 11.7. The van der Waals surface area contributed by atoms with Crippen molar-refractivity contribution in [3.05, 3.63) is 23.2 Å². The van der Waals surface area contributed by atoms with Crippen LogP contribution in [0.15, 0.2) is 18.2 Å². The van der Waals surface area contributed by atoms with Crippen LogP contribution in [0, 0.1) is 0 Å². The second kappa shape index (κ2) is 8.24. The summed E-state index contributed by atoms with van der Waals surface area (Å²) < 4.78 is 4.92. The average Bonchev–Trinajstić information content (AvgIpc) is 2.33. The van der Waals surface area contributed by atoms with Crippen molar-refractivity contribution < 1.29 is 9.53 Å². The molecule has 3 N–H and O–H groups in total. The van der Waals surface area contributed by atoms with Gasteiger partial charge in [0.25, 0.3) is 0 Å². The number of thioether (sulfide) groups is 1. The van der Waals surface area contributed by atoms with Gasteiger partial charge in [0.2, 0.25) is 5.91 Å². The van der Waals surface area contributed by atoms with Crippen LogP contribution in [0.5, 0.6) is 0 Å². The number of carbonyl (C=O) groups excluding carboxylic acids is 1. The molecule has 1 rings (SSSR count). The molecule has 0 radical (unpaired) electrons. The first-order valence-electron chi connectivity index (χ1n) is 5.55. The number of nitrogen functional groups attached to an aromatic ring is 1. The van der Waals surface area contributed by atoms with Gasteiger partial charge >= 0.3 is 0 Å². The van der Waals surface area contributed by atoms with E-state index in [1.807, 2.05) is 0 Å². The van der Waals surface area contributed by atoms with E-state index in [1.54, 1.807) is 37.1 Å². The van der Waals surface area contributed by atoms with Crippen LogP contribution >= 0.6 is 23.4 Å². The van der Waals surface area contributed by atoms with Crippen LogP contribution in [0.1, 0.15) is 6.42 Å². The lowest BCUT2D eigenvalue weighted by Crippen LogP contribution is -2.13. The normalized spacial score (nSPS) is 10.3. The Kier molecular flexibility index (Phi) is 6.93. The average molecular weight is 289 g/mol. The summed E-state index contributed by atoms with van der Waals surface area (Å²) in [7, 11) is 1.66. The third-order valence-corrected chi connectivity index (χ3v) is 3.38. The molecular weight excluding hydrogens is 272 g/mol. The van der Waals surface area contributed by atoms with Gasteiger partial charge in [0.1, 0.15) is 0 Å². The van der Waals surface area contributed by atoms with E-state index in [2.05, 4.69) is 5.32 Å². The summed E-state index contributed by atoms with van der Waals surface area (Å²) in [4.78, 5) is 11.7. The maximum Gasteiger partial charge on any atom is 0.225 e. The number of nitrogens with two attached hydrogens (primary N) is 1. The highest BCUT2D eigenvalue weighted by atomic mass is 35.5. The molecule has 0 bridgehead atoms. The Balaban J connectivity index is 2.33.